The first-order chi connectivity index (χ1) is 17.1. The Morgan fingerprint density at radius 2 is 1.20 bits per heavy atom. The molecule has 5 rings (SSSR count). The number of benzene rings is 4. The summed E-state index contributed by atoms with van der Waals surface area (Å²) in [6.07, 6.45) is 2.20. The number of carbonyl (C=O) groups excluding carboxylic acids is 1. The van der Waals surface area contributed by atoms with Gasteiger partial charge in [-0.1, -0.05) is 121 Å². The van der Waals surface area contributed by atoms with Gasteiger partial charge in [0.05, 0.1) is 11.0 Å². The molecule has 0 bridgehead atoms. The fourth-order valence-electron chi connectivity index (χ4n) is 5.27. The van der Waals surface area contributed by atoms with Crippen LogP contribution < -0.4 is 5.73 Å². The smallest absolute Gasteiger partial charge is 0.248 e. The molecular weight excluding hydrogens is 428 g/mol. The summed E-state index contributed by atoms with van der Waals surface area (Å²) in [4.78, 5) is 15.5. The lowest BCUT2D eigenvalue weighted by atomic mass is 9.67. The van der Waals surface area contributed by atoms with E-state index in [1.165, 1.54) is 0 Å². The molecule has 0 spiro atoms. The van der Waals surface area contributed by atoms with E-state index in [0.717, 1.165) is 33.6 Å². The number of allylic oxidation sites excluding steroid dienone is 2. The zero-order valence-electron chi connectivity index (χ0n) is 19.8. The Bertz CT molecular complexity index is 1340. The SMILES string of the molecule is CC1=C(C(N)=O)C(c2ccccc2)(c2ccccc2)/C(=C/c2ccccc2)N1Cc1ccccc1. The van der Waals surface area contributed by atoms with Crippen molar-refractivity contribution < 1.29 is 4.79 Å². The minimum absolute atomic E-state index is 0.412. The van der Waals surface area contributed by atoms with E-state index in [1.807, 2.05) is 79.7 Å². The van der Waals surface area contributed by atoms with Crippen LogP contribution in [0.5, 0.6) is 0 Å². The molecule has 0 radical (unpaired) electrons. The van der Waals surface area contributed by atoms with Gasteiger partial charge in [0.1, 0.15) is 0 Å². The van der Waals surface area contributed by atoms with Crippen molar-refractivity contribution in [2.45, 2.75) is 18.9 Å². The van der Waals surface area contributed by atoms with Crippen molar-refractivity contribution in [1.82, 2.24) is 4.90 Å². The Balaban J connectivity index is 1.86. The van der Waals surface area contributed by atoms with Crippen LogP contribution in [0.25, 0.3) is 6.08 Å². The van der Waals surface area contributed by atoms with Gasteiger partial charge in [-0.05, 0) is 35.3 Å². The highest BCUT2D eigenvalue weighted by Gasteiger charge is 2.52. The van der Waals surface area contributed by atoms with E-state index in [-0.39, 0.29) is 0 Å². The summed E-state index contributed by atoms with van der Waals surface area (Å²) < 4.78 is 0. The molecule has 3 nitrogen and oxygen atoms in total. The molecule has 0 unspecified atom stereocenters. The molecule has 0 saturated carbocycles. The van der Waals surface area contributed by atoms with Crippen molar-refractivity contribution in [3.05, 3.63) is 161 Å². The van der Waals surface area contributed by atoms with Gasteiger partial charge in [0, 0.05) is 17.9 Å². The first kappa shape index (κ1) is 22.4. The van der Waals surface area contributed by atoms with Gasteiger partial charge in [-0.2, -0.15) is 0 Å². The number of nitrogens with zero attached hydrogens (tertiary/aromatic N) is 1. The van der Waals surface area contributed by atoms with Gasteiger partial charge in [0.2, 0.25) is 5.91 Å². The number of rotatable bonds is 6. The van der Waals surface area contributed by atoms with Gasteiger partial charge in [-0.25, -0.2) is 0 Å². The van der Waals surface area contributed by atoms with E-state index in [9.17, 15) is 4.79 Å². The second kappa shape index (κ2) is 9.47. The Kier molecular flexibility index (Phi) is 6.07. The van der Waals surface area contributed by atoms with E-state index >= 15 is 0 Å². The summed E-state index contributed by atoms with van der Waals surface area (Å²) in [6, 6.07) is 41.0. The molecule has 0 atom stereocenters. The summed E-state index contributed by atoms with van der Waals surface area (Å²) in [5.41, 5.74) is 12.1. The highest BCUT2D eigenvalue weighted by Crippen LogP contribution is 2.54. The largest absolute Gasteiger partial charge is 0.366 e. The average molecular weight is 457 g/mol. The Labute approximate surface area is 206 Å². The quantitative estimate of drug-likeness (QED) is 0.371. The summed E-state index contributed by atoms with van der Waals surface area (Å²) in [6.45, 7) is 2.64. The van der Waals surface area contributed by atoms with Crippen LogP contribution in [-0.4, -0.2) is 10.8 Å². The van der Waals surface area contributed by atoms with E-state index in [0.29, 0.717) is 12.1 Å². The maximum absolute atomic E-state index is 13.3. The predicted octanol–water partition coefficient (Wildman–Crippen LogP) is 6.29. The molecule has 1 amide bonds. The third kappa shape index (κ3) is 3.95. The van der Waals surface area contributed by atoms with Gasteiger partial charge < -0.3 is 10.6 Å². The molecule has 0 fully saturated rings. The molecule has 1 aliphatic rings. The number of carbonyl (C=O) groups is 1. The lowest BCUT2D eigenvalue weighted by Crippen LogP contribution is -2.37. The van der Waals surface area contributed by atoms with Crippen molar-refractivity contribution >= 4 is 12.0 Å². The average Bonchev–Trinajstić information content (AvgIpc) is 3.14. The zero-order chi connectivity index (χ0) is 24.3. The summed E-state index contributed by atoms with van der Waals surface area (Å²) >= 11 is 0. The molecule has 0 aliphatic carbocycles. The molecular formula is C32H28N2O. The minimum atomic E-state index is -0.844. The van der Waals surface area contributed by atoms with E-state index in [1.54, 1.807) is 0 Å². The molecule has 1 heterocycles. The van der Waals surface area contributed by atoms with Crippen LogP contribution in [0.1, 0.15) is 29.2 Å². The molecule has 2 N–H and O–H groups in total. The van der Waals surface area contributed by atoms with Gasteiger partial charge in [-0.3, -0.25) is 4.79 Å². The molecule has 4 aromatic carbocycles. The lowest BCUT2D eigenvalue weighted by Gasteiger charge is -2.36. The molecule has 3 heteroatoms. The monoisotopic (exact) mass is 456 g/mol. The second-order valence-corrected chi connectivity index (χ2v) is 8.82. The van der Waals surface area contributed by atoms with Crippen LogP contribution in [0.15, 0.2) is 138 Å². The van der Waals surface area contributed by atoms with Crippen LogP contribution in [-0.2, 0) is 16.8 Å². The van der Waals surface area contributed by atoms with Crippen molar-refractivity contribution in [3.63, 3.8) is 0 Å². The van der Waals surface area contributed by atoms with Crippen LogP contribution in [0, 0.1) is 0 Å². The zero-order valence-corrected chi connectivity index (χ0v) is 19.8. The molecule has 172 valence electrons. The number of primary amides is 1. The predicted molar refractivity (Wildman–Crippen MR) is 142 cm³/mol. The van der Waals surface area contributed by atoms with Crippen LogP contribution in [0.4, 0.5) is 0 Å². The Morgan fingerprint density at radius 1 is 0.743 bits per heavy atom. The normalized spacial score (nSPS) is 16.0. The first-order valence-corrected chi connectivity index (χ1v) is 11.8. The Hall–Kier alpha value is -4.37. The van der Waals surface area contributed by atoms with Crippen molar-refractivity contribution in [2.24, 2.45) is 5.73 Å². The van der Waals surface area contributed by atoms with Crippen LogP contribution >= 0.6 is 0 Å². The summed E-state index contributed by atoms with van der Waals surface area (Å²) in [7, 11) is 0. The number of hydrogen-bond acceptors (Lipinski definition) is 2. The maximum atomic E-state index is 13.3. The van der Waals surface area contributed by atoms with Crippen LogP contribution in [0.2, 0.25) is 0 Å². The second-order valence-electron chi connectivity index (χ2n) is 8.82. The first-order valence-electron chi connectivity index (χ1n) is 11.8. The van der Waals surface area contributed by atoms with Crippen molar-refractivity contribution in [1.29, 1.82) is 0 Å². The fourth-order valence-corrected chi connectivity index (χ4v) is 5.27. The fraction of sp³-hybridized carbons (Fsp3) is 0.0938. The highest BCUT2D eigenvalue weighted by atomic mass is 16.1. The third-order valence-electron chi connectivity index (χ3n) is 6.76. The summed E-state index contributed by atoms with van der Waals surface area (Å²) in [5, 5.41) is 0. The minimum Gasteiger partial charge on any atom is -0.366 e. The highest BCUT2D eigenvalue weighted by molar-refractivity contribution is 6.00. The van der Waals surface area contributed by atoms with Crippen molar-refractivity contribution in [2.75, 3.05) is 0 Å². The van der Waals surface area contributed by atoms with Gasteiger partial charge in [-0.15, -0.1) is 0 Å². The Morgan fingerprint density at radius 3 is 1.69 bits per heavy atom. The van der Waals surface area contributed by atoms with E-state index < -0.39 is 11.3 Å². The topological polar surface area (TPSA) is 46.3 Å². The number of nitrogens with two attached hydrogens (primary N) is 1. The molecule has 0 aromatic heterocycles. The summed E-state index contributed by atoms with van der Waals surface area (Å²) in [5.74, 6) is -0.412. The van der Waals surface area contributed by atoms with Crippen LogP contribution in [0.3, 0.4) is 0 Å². The maximum Gasteiger partial charge on any atom is 0.248 e. The van der Waals surface area contributed by atoms with Gasteiger partial charge in [0.25, 0.3) is 0 Å². The van der Waals surface area contributed by atoms with E-state index in [2.05, 4.69) is 59.5 Å². The standard InChI is InChI=1S/C32H28N2O/c1-24-30(31(33)35)32(27-18-10-4-11-19-27,28-20-12-5-13-21-28)29(22-25-14-6-2-7-15-25)34(24)23-26-16-8-3-9-17-26/h2-22H,23H2,1H3,(H2,33,35)/b29-22-. The third-order valence-corrected chi connectivity index (χ3v) is 6.76. The number of amides is 1. The molecule has 1 aliphatic heterocycles. The van der Waals surface area contributed by atoms with Crippen molar-refractivity contribution in [3.8, 4) is 0 Å². The molecule has 0 saturated heterocycles. The van der Waals surface area contributed by atoms with Gasteiger partial charge in [0.15, 0.2) is 0 Å². The molecule has 35 heavy (non-hydrogen) atoms. The van der Waals surface area contributed by atoms with E-state index in [4.69, 9.17) is 5.73 Å². The van der Waals surface area contributed by atoms with Gasteiger partial charge >= 0.3 is 0 Å². The lowest BCUT2D eigenvalue weighted by molar-refractivity contribution is -0.115. The molecule has 4 aromatic rings. The number of hydrogen-bond donors (Lipinski definition) is 1.